The molecule has 0 aliphatic heterocycles. The van der Waals surface area contributed by atoms with Gasteiger partial charge >= 0.3 is 0 Å². The molecule has 0 bridgehead atoms. The monoisotopic (exact) mass is 173 g/mol. The Morgan fingerprint density at radius 2 is 2.00 bits per heavy atom. The van der Waals surface area contributed by atoms with Crippen LogP contribution >= 0.6 is 0 Å². The smallest absolute Gasteiger partial charge is 0.229 e. The van der Waals surface area contributed by atoms with Gasteiger partial charge in [-0.3, -0.25) is 10.1 Å². The molecule has 3 nitrogen and oxygen atoms in total. The van der Waals surface area contributed by atoms with Crippen LogP contribution in [-0.4, -0.2) is 4.92 Å². The van der Waals surface area contributed by atoms with Crippen molar-refractivity contribution in [3.8, 4) is 0 Å². The molecule has 0 amide bonds. The van der Waals surface area contributed by atoms with Gasteiger partial charge in [-0.25, -0.2) is 8.78 Å². The van der Waals surface area contributed by atoms with E-state index in [2.05, 4.69) is 0 Å². The molecular weight excluding hydrogens is 168 g/mol. The fraction of sp³-hybridized carbons (Fsp3) is 0.143. The molecule has 0 heterocycles. The first kappa shape index (κ1) is 8.58. The van der Waals surface area contributed by atoms with Crippen LogP contribution < -0.4 is 0 Å². The number of nitro groups is 1. The second kappa shape index (κ2) is 3.25. The molecule has 64 valence electrons. The van der Waals surface area contributed by atoms with Gasteiger partial charge in [0.2, 0.25) is 6.54 Å². The van der Waals surface area contributed by atoms with Crippen LogP contribution in [0.5, 0.6) is 0 Å². The summed E-state index contributed by atoms with van der Waals surface area (Å²) in [6.45, 7) is -0.489. The summed E-state index contributed by atoms with van der Waals surface area (Å²) in [5, 5.41) is 9.95. The summed E-state index contributed by atoms with van der Waals surface area (Å²) in [5.74, 6) is -2.06. The summed E-state index contributed by atoms with van der Waals surface area (Å²) >= 11 is 0. The molecule has 0 atom stereocenters. The number of halogens is 2. The maximum Gasteiger partial charge on any atom is 0.229 e. The van der Waals surface area contributed by atoms with Crippen molar-refractivity contribution in [2.45, 2.75) is 6.54 Å². The lowest BCUT2D eigenvalue weighted by Crippen LogP contribution is -1.99. The first-order valence-electron chi connectivity index (χ1n) is 3.15. The first-order chi connectivity index (χ1) is 5.59. The summed E-state index contributed by atoms with van der Waals surface area (Å²) < 4.78 is 24.7. The molecule has 12 heavy (non-hydrogen) atoms. The predicted octanol–water partition coefficient (Wildman–Crippen LogP) is 1.74. The Hall–Kier alpha value is -1.52. The Bertz CT molecular complexity index is 314. The number of nitrogens with zero attached hydrogens (tertiary/aromatic N) is 1. The van der Waals surface area contributed by atoms with Crippen LogP contribution in [-0.2, 0) is 6.54 Å². The average Bonchev–Trinajstić information content (AvgIpc) is 1.96. The summed E-state index contributed by atoms with van der Waals surface area (Å²) in [6.07, 6.45) is 0. The highest BCUT2D eigenvalue weighted by molar-refractivity contribution is 5.16. The zero-order chi connectivity index (χ0) is 9.14. The zero-order valence-electron chi connectivity index (χ0n) is 5.96. The standard InChI is InChI=1S/C7H5F2NO2/c8-6-2-1-5(3-7(6)9)4-10(11)12/h1-3H,4H2. The summed E-state index contributed by atoms with van der Waals surface area (Å²) in [4.78, 5) is 9.35. The zero-order valence-corrected chi connectivity index (χ0v) is 5.96. The summed E-state index contributed by atoms with van der Waals surface area (Å²) in [6, 6.07) is 2.87. The van der Waals surface area contributed by atoms with Gasteiger partial charge in [0.05, 0.1) is 0 Å². The van der Waals surface area contributed by atoms with Crippen molar-refractivity contribution < 1.29 is 13.7 Å². The average molecular weight is 173 g/mol. The Morgan fingerprint density at radius 3 is 2.50 bits per heavy atom. The van der Waals surface area contributed by atoms with Crippen molar-refractivity contribution in [3.63, 3.8) is 0 Å². The molecule has 0 fully saturated rings. The van der Waals surface area contributed by atoms with Gasteiger partial charge in [-0.15, -0.1) is 0 Å². The largest absolute Gasteiger partial charge is 0.264 e. The number of hydrogen-bond acceptors (Lipinski definition) is 2. The third-order valence-corrected chi connectivity index (χ3v) is 1.30. The van der Waals surface area contributed by atoms with Gasteiger partial charge in [0, 0.05) is 10.5 Å². The lowest BCUT2D eigenvalue weighted by Gasteiger charge is -1.95. The molecule has 0 radical (unpaired) electrons. The van der Waals surface area contributed by atoms with Crippen LogP contribution in [0.4, 0.5) is 8.78 Å². The van der Waals surface area contributed by atoms with E-state index in [0.717, 1.165) is 12.1 Å². The van der Waals surface area contributed by atoms with E-state index >= 15 is 0 Å². The molecule has 5 heteroatoms. The van der Waals surface area contributed by atoms with Gasteiger partial charge in [0.25, 0.3) is 0 Å². The minimum absolute atomic E-state index is 0.152. The van der Waals surface area contributed by atoms with Crippen LogP contribution in [0, 0.1) is 21.7 Å². The molecule has 0 spiro atoms. The van der Waals surface area contributed by atoms with Crippen LogP contribution in [0.25, 0.3) is 0 Å². The van der Waals surface area contributed by atoms with E-state index in [0.29, 0.717) is 0 Å². The molecule has 0 N–H and O–H groups in total. The van der Waals surface area contributed by atoms with Gasteiger partial charge < -0.3 is 0 Å². The highest BCUT2D eigenvalue weighted by Crippen LogP contribution is 2.08. The number of benzene rings is 1. The van der Waals surface area contributed by atoms with Crippen molar-refractivity contribution in [1.29, 1.82) is 0 Å². The van der Waals surface area contributed by atoms with Gasteiger partial charge in [-0.05, 0) is 18.2 Å². The molecule has 1 aromatic carbocycles. The van der Waals surface area contributed by atoms with Crippen LogP contribution in [0.3, 0.4) is 0 Å². The van der Waals surface area contributed by atoms with Crippen LogP contribution in [0.2, 0.25) is 0 Å². The molecular formula is C7H5F2NO2. The van der Waals surface area contributed by atoms with E-state index in [1.54, 1.807) is 0 Å². The van der Waals surface area contributed by atoms with Crippen molar-refractivity contribution in [1.82, 2.24) is 0 Å². The lowest BCUT2D eigenvalue weighted by molar-refractivity contribution is -0.496. The topological polar surface area (TPSA) is 43.1 Å². The minimum Gasteiger partial charge on any atom is -0.264 e. The van der Waals surface area contributed by atoms with Gasteiger partial charge in [0.1, 0.15) is 0 Å². The Balaban J connectivity index is 2.89. The molecule has 0 aromatic heterocycles. The van der Waals surface area contributed by atoms with Gasteiger partial charge in [-0.2, -0.15) is 0 Å². The van der Waals surface area contributed by atoms with E-state index in [1.807, 2.05) is 0 Å². The fourth-order valence-electron chi connectivity index (χ4n) is 0.787. The highest BCUT2D eigenvalue weighted by atomic mass is 19.2. The Morgan fingerprint density at radius 1 is 1.33 bits per heavy atom. The second-order valence-corrected chi connectivity index (χ2v) is 2.24. The quantitative estimate of drug-likeness (QED) is 0.505. The minimum atomic E-state index is -1.06. The van der Waals surface area contributed by atoms with Crippen LogP contribution in [0.15, 0.2) is 18.2 Å². The number of hydrogen-bond donors (Lipinski definition) is 0. The van der Waals surface area contributed by atoms with Crippen molar-refractivity contribution in [2.75, 3.05) is 0 Å². The third kappa shape index (κ3) is 1.98. The molecule has 0 aliphatic carbocycles. The van der Waals surface area contributed by atoms with Gasteiger partial charge in [-0.1, -0.05) is 0 Å². The Kier molecular flexibility index (Phi) is 2.32. The summed E-state index contributed by atoms with van der Waals surface area (Å²) in [7, 11) is 0. The van der Waals surface area contributed by atoms with Crippen LogP contribution in [0.1, 0.15) is 5.56 Å². The van der Waals surface area contributed by atoms with E-state index in [9.17, 15) is 18.9 Å². The highest BCUT2D eigenvalue weighted by Gasteiger charge is 2.05. The molecule has 0 saturated carbocycles. The number of rotatable bonds is 2. The molecule has 0 unspecified atom stereocenters. The van der Waals surface area contributed by atoms with E-state index in [4.69, 9.17) is 0 Å². The molecule has 1 rings (SSSR count). The van der Waals surface area contributed by atoms with Gasteiger partial charge in [0.15, 0.2) is 11.6 Å². The van der Waals surface area contributed by atoms with E-state index in [1.165, 1.54) is 6.07 Å². The molecule has 0 saturated heterocycles. The van der Waals surface area contributed by atoms with E-state index < -0.39 is 23.1 Å². The Labute approximate surface area is 66.8 Å². The second-order valence-electron chi connectivity index (χ2n) is 2.24. The first-order valence-corrected chi connectivity index (χ1v) is 3.15. The predicted molar refractivity (Wildman–Crippen MR) is 37.1 cm³/mol. The van der Waals surface area contributed by atoms with Crippen molar-refractivity contribution in [3.05, 3.63) is 45.5 Å². The molecule has 1 aromatic rings. The van der Waals surface area contributed by atoms with Crippen molar-refractivity contribution >= 4 is 0 Å². The summed E-state index contributed by atoms with van der Waals surface area (Å²) in [5.41, 5.74) is 0.152. The normalized spacial score (nSPS) is 9.83. The maximum atomic E-state index is 12.4. The fourth-order valence-corrected chi connectivity index (χ4v) is 0.787. The SMILES string of the molecule is O=[N+]([O-])Cc1ccc(F)c(F)c1. The van der Waals surface area contributed by atoms with E-state index in [-0.39, 0.29) is 5.56 Å². The molecule has 0 aliphatic rings. The maximum absolute atomic E-state index is 12.4. The third-order valence-electron chi connectivity index (χ3n) is 1.30. The van der Waals surface area contributed by atoms with Crippen molar-refractivity contribution in [2.24, 2.45) is 0 Å². The lowest BCUT2D eigenvalue weighted by atomic mass is 10.2.